The first-order chi connectivity index (χ1) is 10.0. The zero-order chi connectivity index (χ0) is 15.3. The van der Waals surface area contributed by atoms with E-state index in [0.717, 1.165) is 0 Å². The SMILES string of the molecule is N#CCc1cccc(C(=O)NS(=O)(=O)c2ccccc2)c1. The number of nitriles is 1. The Balaban J connectivity index is 2.22. The summed E-state index contributed by atoms with van der Waals surface area (Å²) < 4.78 is 26.1. The molecule has 0 aromatic heterocycles. The van der Waals surface area contributed by atoms with Crippen LogP contribution in [0, 0.1) is 11.3 Å². The second-order valence-electron chi connectivity index (χ2n) is 4.28. The zero-order valence-electron chi connectivity index (χ0n) is 11.0. The van der Waals surface area contributed by atoms with Crippen LogP contribution in [0.15, 0.2) is 59.5 Å². The lowest BCUT2D eigenvalue weighted by Gasteiger charge is -2.07. The van der Waals surface area contributed by atoms with Crippen LogP contribution in [0.1, 0.15) is 15.9 Å². The maximum absolute atomic E-state index is 12.0. The molecule has 6 heteroatoms. The lowest BCUT2D eigenvalue weighted by molar-refractivity contribution is 0.0981. The van der Waals surface area contributed by atoms with Gasteiger partial charge in [0.15, 0.2) is 0 Å². The van der Waals surface area contributed by atoms with Crippen LogP contribution in [0.3, 0.4) is 0 Å². The monoisotopic (exact) mass is 300 g/mol. The van der Waals surface area contributed by atoms with E-state index < -0.39 is 15.9 Å². The van der Waals surface area contributed by atoms with Gasteiger partial charge in [0.2, 0.25) is 0 Å². The molecule has 0 fully saturated rings. The molecule has 21 heavy (non-hydrogen) atoms. The van der Waals surface area contributed by atoms with Crippen LogP contribution < -0.4 is 4.72 Å². The number of rotatable bonds is 4. The molecule has 0 unspecified atom stereocenters. The third-order valence-electron chi connectivity index (χ3n) is 2.75. The predicted octanol–water partition coefficient (Wildman–Crippen LogP) is 1.87. The van der Waals surface area contributed by atoms with Crippen LogP contribution in [0.25, 0.3) is 0 Å². The van der Waals surface area contributed by atoms with Crippen LogP contribution >= 0.6 is 0 Å². The molecule has 0 spiro atoms. The Morgan fingerprint density at radius 2 is 1.81 bits per heavy atom. The van der Waals surface area contributed by atoms with Gasteiger partial charge in [-0.15, -0.1) is 0 Å². The number of hydrogen-bond donors (Lipinski definition) is 1. The van der Waals surface area contributed by atoms with Gasteiger partial charge >= 0.3 is 0 Å². The van der Waals surface area contributed by atoms with Crippen LogP contribution in [-0.4, -0.2) is 14.3 Å². The van der Waals surface area contributed by atoms with Gasteiger partial charge in [0.05, 0.1) is 17.4 Å². The average Bonchev–Trinajstić information content (AvgIpc) is 2.48. The number of nitrogens with zero attached hydrogens (tertiary/aromatic N) is 1. The lowest BCUT2D eigenvalue weighted by Crippen LogP contribution is -2.30. The zero-order valence-corrected chi connectivity index (χ0v) is 11.8. The van der Waals surface area contributed by atoms with Crippen molar-refractivity contribution < 1.29 is 13.2 Å². The molecular formula is C15H12N2O3S. The largest absolute Gasteiger partial charge is 0.268 e. The van der Waals surface area contributed by atoms with E-state index in [2.05, 4.69) is 0 Å². The predicted molar refractivity (Wildman–Crippen MR) is 76.9 cm³/mol. The Morgan fingerprint density at radius 3 is 2.48 bits per heavy atom. The van der Waals surface area contributed by atoms with Crippen molar-refractivity contribution in [2.75, 3.05) is 0 Å². The van der Waals surface area contributed by atoms with Crippen molar-refractivity contribution in [3.8, 4) is 6.07 Å². The molecule has 0 aliphatic rings. The van der Waals surface area contributed by atoms with E-state index in [4.69, 9.17) is 5.26 Å². The van der Waals surface area contributed by atoms with Gasteiger partial charge in [-0.05, 0) is 29.8 Å². The first-order valence-corrected chi connectivity index (χ1v) is 7.59. The Kier molecular flexibility index (Phi) is 4.36. The molecule has 106 valence electrons. The molecular weight excluding hydrogens is 288 g/mol. The molecule has 1 N–H and O–H groups in total. The van der Waals surface area contributed by atoms with E-state index >= 15 is 0 Å². The second-order valence-corrected chi connectivity index (χ2v) is 5.97. The molecule has 2 aromatic rings. The smallest absolute Gasteiger partial charge is 0.265 e. The van der Waals surface area contributed by atoms with Gasteiger partial charge in [0, 0.05) is 5.56 Å². The average molecular weight is 300 g/mol. The van der Waals surface area contributed by atoms with Crippen LogP contribution in [0.2, 0.25) is 0 Å². The van der Waals surface area contributed by atoms with Crippen molar-refractivity contribution in [2.45, 2.75) is 11.3 Å². The molecule has 2 aromatic carbocycles. The normalized spacial score (nSPS) is 10.6. The van der Waals surface area contributed by atoms with Crippen LogP contribution in [-0.2, 0) is 16.4 Å². The van der Waals surface area contributed by atoms with Gasteiger partial charge in [-0.2, -0.15) is 5.26 Å². The Hall–Kier alpha value is -2.65. The minimum atomic E-state index is -3.90. The maximum atomic E-state index is 12.0. The number of benzene rings is 2. The third kappa shape index (κ3) is 3.68. The fourth-order valence-corrected chi connectivity index (χ4v) is 2.75. The first-order valence-electron chi connectivity index (χ1n) is 6.11. The molecule has 0 heterocycles. The highest BCUT2D eigenvalue weighted by Gasteiger charge is 2.18. The number of carbonyl (C=O) groups is 1. The molecule has 0 bridgehead atoms. The molecule has 1 amide bonds. The molecule has 0 saturated carbocycles. The quantitative estimate of drug-likeness (QED) is 0.933. The van der Waals surface area contributed by atoms with Gasteiger partial charge in [-0.3, -0.25) is 4.79 Å². The highest BCUT2D eigenvalue weighted by molar-refractivity contribution is 7.90. The van der Waals surface area contributed by atoms with Crippen LogP contribution in [0.5, 0.6) is 0 Å². The summed E-state index contributed by atoms with van der Waals surface area (Å²) in [7, 11) is -3.90. The molecule has 0 aliphatic carbocycles. The van der Waals surface area contributed by atoms with E-state index in [0.29, 0.717) is 5.56 Å². The van der Waals surface area contributed by atoms with Gasteiger partial charge in [-0.1, -0.05) is 30.3 Å². The molecule has 2 rings (SSSR count). The van der Waals surface area contributed by atoms with Crippen molar-refractivity contribution in [1.29, 1.82) is 5.26 Å². The molecule has 5 nitrogen and oxygen atoms in total. The summed E-state index contributed by atoms with van der Waals surface area (Å²) in [5.74, 6) is -0.723. The second kappa shape index (κ2) is 6.20. The summed E-state index contributed by atoms with van der Waals surface area (Å²) in [6, 6.07) is 15.9. The van der Waals surface area contributed by atoms with E-state index in [-0.39, 0.29) is 16.9 Å². The first kappa shape index (κ1) is 14.8. The molecule has 0 radical (unpaired) electrons. The van der Waals surface area contributed by atoms with E-state index in [9.17, 15) is 13.2 Å². The van der Waals surface area contributed by atoms with Gasteiger partial charge in [0.25, 0.3) is 15.9 Å². The number of amides is 1. The van der Waals surface area contributed by atoms with E-state index in [1.807, 2.05) is 10.8 Å². The number of carbonyl (C=O) groups excluding carboxylic acids is 1. The molecule has 0 aliphatic heterocycles. The highest BCUT2D eigenvalue weighted by atomic mass is 32.2. The lowest BCUT2D eigenvalue weighted by atomic mass is 10.1. The topological polar surface area (TPSA) is 87.0 Å². The highest BCUT2D eigenvalue weighted by Crippen LogP contribution is 2.10. The van der Waals surface area contributed by atoms with Crippen molar-refractivity contribution in [1.82, 2.24) is 4.72 Å². The summed E-state index contributed by atoms with van der Waals surface area (Å²) in [6.07, 6.45) is 0.159. The summed E-state index contributed by atoms with van der Waals surface area (Å²) in [6.45, 7) is 0. The summed E-state index contributed by atoms with van der Waals surface area (Å²) in [4.78, 5) is 12.0. The fraction of sp³-hybridized carbons (Fsp3) is 0.0667. The Morgan fingerprint density at radius 1 is 1.10 bits per heavy atom. The number of nitrogens with one attached hydrogen (secondary N) is 1. The van der Waals surface area contributed by atoms with E-state index in [1.54, 1.807) is 30.3 Å². The minimum Gasteiger partial charge on any atom is -0.268 e. The maximum Gasteiger partial charge on any atom is 0.265 e. The van der Waals surface area contributed by atoms with Gasteiger partial charge in [0.1, 0.15) is 0 Å². The summed E-state index contributed by atoms with van der Waals surface area (Å²) >= 11 is 0. The summed E-state index contributed by atoms with van der Waals surface area (Å²) in [5.41, 5.74) is 0.851. The Bertz CT molecular complexity index is 793. The Labute approximate surface area is 122 Å². The molecule has 0 atom stereocenters. The number of hydrogen-bond acceptors (Lipinski definition) is 4. The number of sulfonamides is 1. The van der Waals surface area contributed by atoms with Crippen molar-refractivity contribution >= 4 is 15.9 Å². The van der Waals surface area contributed by atoms with E-state index in [1.165, 1.54) is 24.3 Å². The molecule has 0 saturated heterocycles. The third-order valence-corrected chi connectivity index (χ3v) is 4.10. The minimum absolute atomic E-state index is 0.0199. The summed E-state index contributed by atoms with van der Waals surface area (Å²) in [5, 5.41) is 8.64. The van der Waals surface area contributed by atoms with Crippen molar-refractivity contribution in [3.63, 3.8) is 0 Å². The van der Waals surface area contributed by atoms with Gasteiger partial charge < -0.3 is 0 Å². The standard InChI is InChI=1S/C15H12N2O3S/c16-10-9-12-5-4-6-13(11-12)15(18)17-21(19,20)14-7-2-1-3-8-14/h1-8,11H,9H2,(H,17,18). The van der Waals surface area contributed by atoms with Crippen molar-refractivity contribution in [3.05, 3.63) is 65.7 Å². The van der Waals surface area contributed by atoms with Crippen molar-refractivity contribution in [2.24, 2.45) is 0 Å². The van der Waals surface area contributed by atoms with Gasteiger partial charge in [-0.25, -0.2) is 13.1 Å². The van der Waals surface area contributed by atoms with Crippen LogP contribution in [0.4, 0.5) is 0 Å². The fourth-order valence-electron chi connectivity index (χ4n) is 1.75.